The maximum Gasteiger partial charge on any atom is 0.279 e. The lowest BCUT2D eigenvalue weighted by Crippen LogP contribution is -3.08. The van der Waals surface area contributed by atoms with E-state index in [1.807, 2.05) is 13.1 Å². The summed E-state index contributed by atoms with van der Waals surface area (Å²) in [5, 5.41) is 12.0. The van der Waals surface area contributed by atoms with Gasteiger partial charge in [-0.2, -0.15) is 5.26 Å². The topological polar surface area (TPSA) is 57.3 Å². The Hall–Kier alpha value is -2.35. The Morgan fingerprint density at radius 2 is 1.96 bits per heavy atom. The first-order valence-corrected chi connectivity index (χ1v) is 7.72. The Bertz CT molecular complexity index is 735. The molecule has 0 bridgehead atoms. The van der Waals surface area contributed by atoms with Crippen molar-refractivity contribution in [1.82, 2.24) is 0 Å². The molecule has 0 saturated carbocycles. The van der Waals surface area contributed by atoms with Gasteiger partial charge in [0.25, 0.3) is 5.91 Å². The van der Waals surface area contributed by atoms with Crippen LogP contribution in [0.2, 0.25) is 5.02 Å². The highest BCUT2D eigenvalue weighted by atomic mass is 35.5. The molecule has 2 aromatic carbocycles. The minimum absolute atomic E-state index is 0.0876. The van der Waals surface area contributed by atoms with Crippen molar-refractivity contribution in [2.24, 2.45) is 0 Å². The number of carbonyl (C=O) groups excluding carboxylic acids is 1. The predicted octanol–water partition coefficient (Wildman–Crippen LogP) is 2.17. The summed E-state index contributed by atoms with van der Waals surface area (Å²) in [5.41, 5.74) is 3.41. The Labute approximate surface area is 141 Å². The molecular formula is C18H19ClN3O+. The first kappa shape index (κ1) is 17.0. The van der Waals surface area contributed by atoms with E-state index in [1.165, 1.54) is 11.1 Å². The van der Waals surface area contributed by atoms with Crippen LogP contribution in [0.5, 0.6) is 0 Å². The second-order valence-corrected chi connectivity index (χ2v) is 6.06. The Balaban J connectivity index is 1.90. The van der Waals surface area contributed by atoms with Crippen molar-refractivity contribution in [2.45, 2.75) is 13.5 Å². The van der Waals surface area contributed by atoms with Gasteiger partial charge in [-0.05, 0) is 25.1 Å². The molecule has 1 atom stereocenters. The Morgan fingerprint density at radius 3 is 2.57 bits per heavy atom. The molecule has 0 aromatic heterocycles. The molecule has 0 heterocycles. The molecule has 5 heteroatoms. The fourth-order valence-electron chi connectivity index (χ4n) is 2.28. The number of carbonyl (C=O) groups is 1. The number of quaternary nitrogens is 1. The molecule has 0 aliphatic carbocycles. The van der Waals surface area contributed by atoms with E-state index in [-0.39, 0.29) is 5.91 Å². The third kappa shape index (κ3) is 5.10. The molecule has 0 fully saturated rings. The molecule has 0 aliphatic heterocycles. The largest absolute Gasteiger partial charge is 0.326 e. The summed E-state index contributed by atoms with van der Waals surface area (Å²) in [5.74, 6) is -0.0876. The molecule has 1 unspecified atom stereocenters. The summed E-state index contributed by atoms with van der Waals surface area (Å²) in [6.07, 6.45) is 0. The van der Waals surface area contributed by atoms with Gasteiger partial charge in [0.05, 0.1) is 17.6 Å². The van der Waals surface area contributed by atoms with Crippen LogP contribution in [-0.2, 0) is 11.3 Å². The van der Waals surface area contributed by atoms with E-state index in [0.29, 0.717) is 22.8 Å². The fraction of sp³-hybridized carbons (Fsp3) is 0.222. The zero-order valence-electron chi connectivity index (χ0n) is 13.2. The summed E-state index contributed by atoms with van der Waals surface area (Å²) in [7, 11) is 1.98. The number of hydrogen-bond acceptors (Lipinski definition) is 2. The van der Waals surface area contributed by atoms with Crippen LogP contribution in [0, 0.1) is 18.3 Å². The van der Waals surface area contributed by atoms with Gasteiger partial charge in [0.15, 0.2) is 6.54 Å². The molecule has 118 valence electrons. The summed E-state index contributed by atoms with van der Waals surface area (Å²) < 4.78 is 0. The molecule has 0 spiro atoms. The number of aryl methyl sites for hydroxylation is 1. The van der Waals surface area contributed by atoms with Crippen LogP contribution in [0.4, 0.5) is 5.69 Å². The number of likely N-dealkylation sites (N-methyl/N-ethyl adjacent to an activating group) is 1. The third-order valence-electron chi connectivity index (χ3n) is 3.46. The summed E-state index contributed by atoms with van der Waals surface area (Å²) in [4.78, 5) is 13.2. The molecule has 2 rings (SSSR count). The molecule has 0 radical (unpaired) electrons. The van der Waals surface area contributed by atoms with Gasteiger partial charge in [-0.15, -0.1) is 0 Å². The minimum Gasteiger partial charge on any atom is -0.326 e. The molecule has 23 heavy (non-hydrogen) atoms. The molecule has 2 N–H and O–H groups in total. The van der Waals surface area contributed by atoms with Crippen LogP contribution in [0.3, 0.4) is 0 Å². The van der Waals surface area contributed by atoms with Crippen molar-refractivity contribution in [3.05, 3.63) is 64.2 Å². The fourth-order valence-corrected chi connectivity index (χ4v) is 2.50. The first-order valence-electron chi connectivity index (χ1n) is 7.34. The summed E-state index contributed by atoms with van der Waals surface area (Å²) in [6, 6.07) is 15.2. The Morgan fingerprint density at radius 1 is 1.26 bits per heavy atom. The molecule has 1 amide bonds. The van der Waals surface area contributed by atoms with Crippen molar-refractivity contribution in [2.75, 3.05) is 18.9 Å². The van der Waals surface area contributed by atoms with Gasteiger partial charge in [-0.1, -0.05) is 41.4 Å². The third-order valence-corrected chi connectivity index (χ3v) is 3.77. The number of nitrogens with zero attached hydrogens (tertiary/aromatic N) is 1. The normalized spacial score (nSPS) is 11.6. The lowest BCUT2D eigenvalue weighted by Gasteiger charge is -2.14. The zero-order valence-corrected chi connectivity index (χ0v) is 13.9. The van der Waals surface area contributed by atoms with Crippen LogP contribution in [0.1, 0.15) is 16.7 Å². The van der Waals surface area contributed by atoms with E-state index >= 15 is 0 Å². The van der Waals surface area contributed by atoms with Gasteiger partial charge in [-0.25, -0.2) is 0 Å². The highest BCUT2D eigenvalue weighted by molar-refractivity contribution is 6.32. The SMILES string of the molecule is Cc1ccc(C[NH+](C)CC(=O)Nc2ccc(C#N)c(Cl)c2)cc1. The first-order chi connectivity index (χ1) is 11.0. The molecule has 4 nitrogen and oxygen atoms in total. The number of amides is 1. The van der Waals surface area contributed by atoms with Gasteiger partial charge < -0.3 is 10.2 Å². The highest BCUT2D eigenvalue weighted by Gasteiger charge is 2.11. The molecule has 0 saturated heterocycles. The number of rotatable bonds is 5. The van der Waals surface area contributed by atoms with Crippen LogP contribution in [0.25, 0.3) is 0 Å². The van der Waals surface area contributed by atoms with E-state index in [9.17, 15) is 4.79 Å². The van der Waals surface area contributed by atoms with Crippen molar-refractivity contribution >= 4 is 23.2 Å². The second kappa shape index (κ2) is 7.77. The van der Waals surface area contributed by atoms with Crippen molar-refractivity contribution < 1.29 is 9.69 Å². The molecule has 0 aliphatic rings. The number of nitrogens with one attached hydrogen (secondary N) is 2. The van der Waals surface area contributed by atoms with Gasteiger partial charge in [0.1, 0.15) is 12.6 Å². The second-order valence-electron chi connectivity index (χ2n) is 5.65. The van der Waals surface area contributed by atoms with E-state index in [2.05, 4.69) is 36.5 Å². The number of hydrogen-bond donors (Lipinski definition) is 2. The minimum atomic E-state index is -0.0876. The smallest absolute Gasteiger partial charge is 0.279 e. The lowest BCUT2D eigenvalue weighted by molar-refractivity contribution is -0.885. The summed E-state index contributed by atoms with van der Waals surface area (Å²) in [6.45, 7) is 3.18. The zero-order chi connectivity index (χ0) is 16.8. The van der Waals surface area contributed by atoms with Crippen LogP contribution in [0.15, 0.2) is 42.5 Å². The van der Waals surface area contributed by atoms with Crippen LogP contribution in [-0.4, -0.2) is 19.5 Å². The number of benzene rings is 2. The average Bonchev–Trinajstić information content (AvgIpc) is 2.49. The molecular weight excluding hydrogens is 310 g/mol. The quantitative estimate of drug-likeness (QED) is 0.884. The molecule has 2 aromatic rings. The van der Waals surface area contributed by atoms with Crippen LogP contribution >= 0.6 is 11.6 Å². The summed E-state index contributed by atoms with van der Waals surface area (Å²) >= 11 is 5.96. The maximum absolute atomic E-state index is 12.1. The van der Waals surface area contributed by atoms with Crippen LogP contribution < -0.4 is 10.2 Å². The predicted molar refractivity (Wildman–Crippen MR) is 91.4 cm³/mol. The monoisotopic (exact) mass is 328 g/mol. The number of anilines is 1. The van der Waals surface area contributed by atoms with E-state index in [0.717, 1.165) is 11.4 Å². The number of nitriles is 1. The van der Waals surface area contributed by atoms with Gasteiger partial charge in [-0.3, -0.25) is 4.79 Å². The maximum atomic E-state index is 12.1. The Kier molecular flexibility index (Phi) is 5.75. The average molecular weight is 329 g/mol. The van der Waals surface area contributed by atoms with E-state index in [1.54, 1.807) is 18.2 Å². The van der Waals surface area contributed by atoms with Gasteiger partial charge in [0.2, 0.25) is 0 Å². The van der Waals surface area contributed by atoms with Gasteiger partial charge >= 0.3 is 0 Å². The number of halogens is 1. The van der Waals surface area contributed by atoms with Crippen molar-refractivity contribution in [3.8, 4) is 6.07 Å². The van der Waals surface area contributed by atoms with E-state index < -0.39 is 0 Å². The van der Waals surface area contributed by atoms with Crippen molar-refractivity contribution in [1.29, 1.82) is 5.26 Å². The lowest BCUT2D eigenvalue weighted by atomic mass is 10.1. The highest BCUT2D eigenvalue weighted by Crippen LogP contribution is 2.19. The standard InChI is InChI=1S/C18H18ClN3O/c1-13-3-5-14(6-4-13)11-22(2)12-18(23)21-16-8-7-15(10-20)17(19)9-16/h3-9H,11-12H2,1-2H3,(H,21,23)/p+1. The van der Waals surface area contributed by atoms with Crippen molar-refractivity contribution in [3.63, 3.8) is 0 Å². The van der Waals surface area contributed by atoms with Gasteiger partial charge in [0, 0.05) is 11.3 Å². The van der Waals surface area contributed by atoms with E-state index in [4.69, 9.17) is 16.9 Å².